The van der Waals surface area contributed by atoms with Gasteiger partial charge in [-0.3, -0.25) is 9.59 Å². The minimum Gasteiger partial charge on any atom is -0.331 e. The van der Waals surface area contributed by atoms with E-state index in [2.05, 4.69) is 9.98 Å². The van der Waals surface area contributed by atoms with Crippen LogP contribution in [0.1, 0.15) is 19.4 Å². The number of carbonyl (C=O) groups excluding carboxylic acids is 2. The molecule has 0 saturated heterocycles. The van der Waals surface area contributed by atoms with Gasteiger partial charge in [-0.1, -0.05) is 55.8 Å². The van der Waals surface area contributed by atoms with Crippen LogP contribution in [0.4, 0.5) is 0 Å². The van der Waals surface area contributed by atoms with Crippen molar-refractivity contribution in [2.75, 3.05) is 6.54 Å². The number of nitrogens with zero attached hydrogens (tertiary/aromatic N) is 3. The molecule has 1 heterocycles. The summed E-state index contributed by atoms with van der Waals surface area (Å²) in [6.45, 7) is 4.30. The molecule has 1 unspecified atom stereocenters. The van der Waals surface area contributed by atoms with Crippen LogP contribution < -0.4 is 0 Å². The zero-order valence-corrected chi connectivity index (χ0v) is 15.5. The summed E-state index contributed by atoms with van der Waals surface area (Å²) in [5, 5.41) is 0.646. The molecule has 134 valence electrons. The molecule has 2 aliphatic rings. The Balaban J connectivity index is 1.81. The maximum absolute atomic E-state index is 12.6. The average molecular weight is 370 g/mol. The minimum absolute atomic E-state index is 0.0171. The Kier molecular flexibility index (Phi) is 5.47. The van der Waals surface area contributed by atoms with Gasteiger partial charge in [-0.2, -0.15) is 4.99 Å². The molecule has 1 aliphatic heterocycles. The van der Waals surface area contributed by atoms with Crippen molar-refractivity contribution in [1.29, 1.82) is 0 Å². The standard InChI is InChI=1S/C20H20ClN3O2/c1-13(2)20(26)24(11-14-7-9-15(21)10-8-14)12-18-22-17-6-4-3-5-16(17)19(25)23-18/h3-10,13,16H,11-12H2,1-2H3. The normalized spacial score (nSPS) is 18.5. The first-order chi connectivity index (χ1) is 12.4. The van der Waals surface area contributed by atoms with E-state index in [9.17, 15) is 9.59 Å². The van der Waals surface area contributed by atoms with Gasteiger partial charge in [0.25, 0.3) is 5.91 Å². The molecule has 0 saturated carbocycles. The smallest absolute Gasteiger partial charge is 0.260 e. The lowest BCUT2D eigenvalue weighted by molar-refractivity contribution is -0.134. The topological polar surface area (TPSA) is 62.1 Å². The largest absolute Gasteiger partial charge is 0.331 e. The second-order valence-electron chi connectivity index (χ2n) is 6.60. The van der Waals surface area contributed by atoms with Crippen LogP contribution in [-0.4, -0.2) is 34.8 Å². The molecule has 2 amide bonds. The van der Waals surface area contributed by atoms with Crippen LogP contribution in [0.5, 0.6) is 0 Å². The molecule has 1 aliphatic carbocycles. The summed E-state index contributed by atoms with van der Waals surface area (Å²) >= 11 is 5.93. The molecule has 0 N–H and O–H groups in total. The SMILES string of the molecule is CC(C)C(=O)N(CC1=NC(=O)C2C=CC=CC2=N1)Cc1ccc(Cl)cc1. The number of fused-ring (bicyclic) bond motifs is 1. The molecule has 0 fully saturated rings. The van der Waals surface area contributed by atoms with Gasteiger partial charge in [0, 0.05) is 17.5 Å². The molecule has 5 nitrogen and oxygen atoms in total. The van der Waals surface area contributed by atoms with Crippen molar-refractivity contribution < 1.29 is 9.59 Å². The number of aliphatic imine (C=N–C) groups is 2. The zero-order valence-electron chi connectivity index (χ0n) is 14.7. The van der Waals surface area contributed by atoms with E-state index in [0.29, 0.717) is 23.1 Å². The first-order valence-corrected chi connectivity index (χ1v) is 8.90. The average Bonchev–Trinajstić information content (AvgIpc) is 2.62. The molecule has 0 spiro atoms. The Hall–Kier alpha value is -2.53. The minimum atomic E-state index is -0.408. The van der Waals surface area contributed by atoms with Gasteiger partial charge in [-0.05, 0) is 23.8 Å². The highest BCUT2D eigenvalue weighted by Crippen LogP contribution is 2.18. The number of carbonyl (C=O) groups is 2. The van der Waals surface area contributed by atoms with E-state index in [4.69, 9.17) is 11.6 Å². The van der Waals surface area contributed by atoms with E-state index in [1.807, 2.05) is 44.2 Å². The maximum atomic E-state index is 12.6. The first kappa shape index (κ1) is 18.3. The molecule has 6 heteroatoms. The van der Waals surface area contributed by atoms with Gasteiger partial charge >= 0.3 is 0 Å². The van der Waals surface area contributed by atoms with E-state index in [1.54, 1.807) is 23.1 Å². The molecule has 1 atom stereocenters. The molecule has 0 bridgehead atoms. The number of benzene rings is 1. The van der Waals surface area contributed by atoms with Crippen molar-refractivity contribution in [1.82, 2.24) is 4.90 Å². The summed E-state index contributed by atoms with van der Waals surface area (Å²) in [5.41, 5.74) is 1.63. The number of hydrogen-bond donors (Lipinski definition) is 0. The lowest BCUT2D eigenvalue weighted by atomic mass is 9.96. The third-order valence-electron chi connectivity index (χ3n) is 4.19. The highest BCUT2D eigenvalue weighted by atomic mass is 35.5. The molecule has 1 aromatic carbocycles. The number of amides is 2. The summed E-state index contributed by atoms with van der Waals surface area (Å²) in [6, 6.07) is 7.35. The van der Waals surface area contributed by atoms with Crippen molar-refractivity contribution in [2.45, 2.75) is 20.4 Å². The summed E-state index contributed by atoms with van der Waals surface area (Å²) < 4.78 is 0. The fourth-order valence-electron chi connectivity index (χ4n) is 2.85. The summed E-state index contributed by atoms with van der Waals surface area (Å²) in [6.07, 6.45) is 7.25. The van der Waals surface area contributed by atoms with Crippen molar-refractivity contribution >= 4 is 35.0 Å². The number of amidine groups is 1. The number of hydrogen-bond acceptors (Lipinski definition) is 3. The van der Waals surface area contributed by atoms with Gasteiger partial charge in [-0.15, -0.1) is 0 Å². The molecule has 0 aromatic heterocycles. The van der Waals surface area contributed by atoms with Crippen molar-refractivity contribution in [2.24, 2.45) is 21.8 Å². The number of halogens is 1. The lowest BCUT2D eigenvalue weighted by Gasteiger charge is -2.26. The summed E-state index contributed by atoms with van der Waals surface area (Å²) in [5.74, 6) is -0.468. The van der Waals surface area contributed by atoms with E-state index >= 15 is 0 Å². The van der Waals surface area contributed by atoms with Crippen molar-refractivity contribution in [3.05, 3.63) is 59.2 Å². The van der Waals surface area contributed by atoms with Crippen molar-refractivity contribution in [3.63, 3.8) is 0 Å². The predicted molar refractivity (Wildman–Crippen MR) is 103 cm³/mol. The Morgan fingerprint density at radius 1 is 1.15 bits per heavy atom. The molecule has 26 heavy (non-hydrogen) atoms. The van der Waals surface area contributed by atoms with Crippen LogP contribution in [-0.2, 0) is 16.1 Å². The Labute approximate surface area is 157 Å². The van der Waals surface area contributed by atoms with Crippen LogP contribution in [0, 0.1) is 11.8 Å². The Bertz CT molecular complexity index is 835. The van der Waals surface area contributed by atoms with Gasteiger partial charge in [-0.25, -0.2) is 4.99 Å². The van der Waals surface area contributed by atoms with Crippen molar-refractivity contribution in [3.8, 4) is 0 Å². The third kappa shape index (κ3) is 4.17. The molecule has 3 rings (SSSR count). The lowest BCUT2D eigenvalue weighted by Crippen LogP contribution is -2.39. The van der Waals surface area contributed by atoms with E-state index in [-0.39, 0.29) is 24.3 Å². The van der Waals surface area contributed by atoms with Gasteiger partial charge in [0.1, 0.15) is 5.92 Å². The predicted octanol–water partition coefficient (Wildman–Crippen LogP) is 3.45. The van der Waals surface area contributed by atoms with Gasteiger partial charge in [0.15, 0.2) is 5.84 Å². The molecule has 1 aromatic rings. The second kappa shape index (κ2) is 7.79. The van der Waals surface area contributed by atoms with Gasteiger partial charge in [0.05, 0.1) is 12.3 Å². The Morgan fingerprint density at radius 2 is 1.88 bits per heavy atom. The van der Waals surface area contributed by atoms with E-state index in [0.717, 1.165) is 5.56 Å². The molecule has 0 radical (unpaired) electrons. The van der Waals surface area contributed by atoms with Crippen LogP contribution in [0.15, 0.2) is 58.6 Å². The Morgan fingerprint density at radius 3 is 2.58 bits per heavy atom. The summed E-state index contributed by atoms with van der Waals surface area (Å²) in [4.78, 5) is 35.1. The fourth-order valence-corrected chi connectivity index (χ4v) is 2.97. The van der Waals surface area contributed by atoms with Crippen LogP contribution >= 0.6 is 11.6 Å². The number of rotatable bonds is 5. The zero-order chi connectivity index (χ0) is 18.7. The molecular formula is C20H20ClN3O2. The van der Waals surface area contributed by atoms with Gasteiger partial charge < -0.3 is 4.90 Å². The highest BCUT2D eigenvalue weighted by Gasteiger charge is 2.28. The first-order valence-electron chi connectivity index (χ1n) is 8.52. The van der Waals surface area contributed by atoms with E-state index in [1.165, 1.54) is 0 Å². The third-order valence-corrected chi connectivity index (χ3v) is 4.44. The highest BCUT2D eigenvalue weighted by molar-refractivity contribution is 6.30. The fraction of sp³-hybridized carbons (Fsp3) is 0.300. The van der Waals surface area contributed by atoms with Gasteiger partial charge in [0.2, 0.25) is 5.91 Å². The second-order valence-corrected chi connectivity index (χ2v) is 7.04. The van der Waals surface area contributed by atoms with E-state index < -0.39 is 5.92 Å². The quantitative estimate of drug-likeness (QED) is 0.798. The molecular weight excluding hydrogens is 350 g/mol. The van der Waals surface area contributed by atoms with Crippen LogP contribution in [0.25, 0.3) is 0 Å². The maximum Gasteiger partial charge on any atom is 0.260 e. The van der Waals surface area contributed by atoms with Crippen LogP contribution in [0.3, 0.4) is 0 Å². The summed E-state index contributed by atoms with van der Waals surface area (Å²) in [7, 11) is 0. The monoisotopic (exact) mass is 369 g/mol. The number of allylic oxidation sites excluding steroid dienone is 3. The van der Waals surface area contributed by atoms with Crippen LogP contribution in [0.2, 0.25) is 5.02 Å².